The standard InChI is InChI=1S/C14H21F2N/c1-3-7-17-8-6-11(2)9-12-4-5-13(15)14(16)10-12/h4-5,10-11,17H,3,6-9H2,1-2H3. The van der Waals surface area contributed by atoms with Crippen LogP contribution in [0, 0.1) is 17.6 Å². The molecule has 1 atom stereocenters. The van der Waals surface area contributed by atoms with Gasteiger partial charge in [0.05, 0.1) is 0 Å². The van der Waals surface area contributed by atoms with E-state index in [0.29, 0.717) is 5.92 Å². The van der Waals surface area contributed by atoms with Crippen LogP contribution in [-0.2, 0) is 6.42 Å². The van der Waals surface area contributed by atoms with Crippen LogP contribution in [0.15, 0.2) is 18.2 Å². The SMILES string of the molecule is CCCNCCC(C)Cc1ccc(F)c(F)c1. The molecule has 0 aromatic heterocycles. The molecule has 17 heavy (non-hydrogen) atoms. The Kier molecular flexibility index (Phi) is 6.12. The molecule has 0 aliphatic heterocycles. The van der Waals surface area contributed by atoms with Gasteiger partial charge in [0.1, 0.15) is 0 Å². The molecule has 1 unspecified atom stereocenters. The minimum atomic E-state index is -0.772. The molecule has 1 aromatic rings. The predicted molar refractivity (Wildman–Crippen MR) is 67.0 cm³/mol. The van der Waals surface area contributed by atoms with Crippen LogP contribution in [0.25, 0.3) is 0 Å². The third-order valence-corrected chi connectivity index (χ3v) is 2.81. The van der Waals surface area contributed by atoms with Gasteiger partial charge in [0.2, 0.25) is 0 Å². The molecule has 0 aliphatic carbocycles. The smallest absolute Gasteiger partial charge is 0.159 e. The molecule has 0 spiro atoms. The fourth-order valence-electron chi connectivity index (χ4n) is 1.82. The number of benzene rings is 1. The first-order valence-electron chi connectivity index (χ1n) is 6.28. The maximum atomic E-state index is 13.0. The van der Waals surface area contributed by atoms with Crippen LogP contribution in [0.1, 0.15) is 32.3 Å². The molecule has 1 nitrogen and oxygen atoms in total. The molecule has 3 heteroatoms. The van der Waals surface area contributed by atoms with Crippen LogP contribution >= 0.6 is 0 Å². The van der Waals surface area contributed by atoms with Crippen molar-refractivity contribution >= 4 is 0 Å². The van der Waals surface area contributed by atoms with E-state index in [9.17, 15) is 8.78 Å². The monoisotopic (exact) mass is 241 g/mol. The second-order valence-electron chi connectivity index (χ2n) is 4.60. The van der Waals surface area contributed by atoms with Crippen molar-refractivity contribution in [1.82, 2.24) is 5.32 Å². The molecular formula is C14H21F2N. The predicted octanol–water partition coefficient (Wildman–Crippen LogP) is 3.53. The van der Waals surface area contributed by atoms with Gasteiger partial charge in [-0.1, -0.05) is 19.9 Å². The summed E-state index contributed by atoms with van der Waals surface area (Å²) < 4.78 is 25.7. The number of halogens is 2. The lowest BCUT2D eigenvalue weighted by molar-refractivity contribution is 0.488. The lowest BCUT2D eigenvalue weighted by Crippen LogP contribution is -2.18. The summed E-state index contributed by atoms with van der Waals surface area (Å²) in [5.41, 5.74) is 0.867. The van der Waals surface area contributed by atoms with E-state index < -0.39 is 11.6 Å². The molecule has 0 radical (unpaired) electrons. The molecule has 1 N–H and O–H groups in total. The van der Waals surface area contributed by atoms with E-state index in [1.807, 2.05) is 0 Å². The molecule has 0 heterocycles. The van der Waals surface area contributed by atoms with Gasteiger partial charge in [-0.3, -0.25) is 0 Å². The fourth-order valence-corrected chi connectivity index (χ4v) is 1.82. The molecule has 1 rings (SSSR count). The van der Waals surface area contributed by atoms with E-state index in [1.165, 1.54) is 12.1 Å². The summed E-state index contributed by atoms with van der Waals surface area (Å²) in [6.07, 6.45) is 2.99. The van der Waals surface area contributed by atoms with Crippen molar-refractivity contribution < 1.29 is 8.78 Å². The topological polar surface area (TPSA) is 12.0 Å². The number of hydrogen-bond acceptors (Lipinski definition) is 1. The molecule has 0 fully saturated rings. The Labute approximate surface area is 102 Å². The van der Waals surface area contributed by atoms with Crippen LogP contribution in [0.5, 0.6) is 0 Å². The van der Waals surface area contributed by atoms with Crippen molar-refractivity contribution in [2.75, 3.05) is 13.1 Å². The molecular weight excluding hydrogens is 220 g/mol. The Morgan fingerprint density at radius 3 is 2.59 bits per heavy atom. The highest BCUT2D eigenvalue weighted by molar-refractivity contribution is 5.18. The quantitative estimate of drug-likeness (QED) is 0.720. The van der Waals surface area contributed by atoms with Gasteiger partial charge < -0.3 is 5.32 Å². The zero-order chi connectivity index (χ0) is 12.7. The Morgan fingerprint density at radius 1 is 1.18 bits per heavy atom. The summed E-state index contributed by atoms with van der Waals surface area (Å²) in [4.78, 5) is 0. The summed E-state index contributed by atoms with van der Waals surface area (Å²) in [5.74, 6) is -1.05. The van der Waals surface area contributed by atoms with Crippen molar-refractivity contribution in [2.24, 2.45) is 5.92 Å². The summed E-state index contributed by atoms with van der Waals surface area (Å²) in [6.45, 7) is 6.29. The lowest BCUT2D eigenvalue weighted by Gasteiger charge is -2.12. The fraction of sp³-hybridized carbons (Fsp3) is 0.571. The number of nitrogens with one attached hydrogen (secondary N) is 1. The van der Waals surface area contributed by atoms with Crippen molar-refractivity contribution in [2.45, 2.75) is 33.1 Å². The first-order chi connectivity index (χ1) is 8.13. The van der Waals surface area contributed by atoms with Gasteiger partial charge >= 0.3 is 0 Å². The minimum absolute atomic E-state index is 0.476. The molecule has 0 saturated heterocycles. The molecule has 96 valence electrons. The zero-order valence-electron chi connectivity index (χ0n) is 10.6. The highest BCUT2D eigenvalue weighted by Crippen LogP contribution is 2.14. The third-order valence-electron chi connectivity index (χ3n) is 2.81. The van der Waals surface area contributed by atoms with Crippen LogP contribution in [0.2, 0.25) is 0 Å². The second kappa shape index (κ2) is 7.38. The van der Waals surface area contributed by atoms with Gasteiger partial charge in [-0.05, 0) is 56.0 Å². The summed E-state index contributed by atoms with van der Waals surface area (Å²) in [6, 6.07) is 4.16. The minimum Gasteiger partial charge on any atom is -0.317 e. The van der Waals surface area contributed by atoms with Gasteiger partial charge in [-0.15, -0.1) is 0 Å². The van der Waals surface area contributed by atoms with Gasteiger partial charge in [-0.25, -0.2) is 8.78 Å². The van der Waals surface area contributed by atoms with Gasteiger partial charge in [0.15, 0.2) is 11.6 Å². The van der Waals surface area contributed by atoms with E-state index >= 15 is 0 Å². The van der Waals surface area contributed by atoms with E-state index in [2.05, 4.69) is 19.2 Å². The Morgan fingerprint density at radius 2 is 1.94 bits per heavy atom. The highest BCUT2D eigenvalue weighted by Gasteiger charge is 2.06. The van der Waals surface area contributed by atoms with E-state index in [-0.39, 0.29) is 0 Å². The van der Waals surface area contributed by atoms with Gasteiger partial charge in [0.25, 0.3) is 0 Å². The third kappa shape index (κ3) is 5.26. The maximum Gasteiger partial charge on any atom is 0.159 e. The lowest BCUT2D eigenvalue weighted by atomic mass is 9.98. The molecule has 0 bridgehead atoms. The first kappa shape index (κ1) is 14.1. The van der Waals surface area contributed by atoms with Crippen molar-refractivity contribution in [3.8, 4) is 0 Å². The zero-order valence-corrected chi connectivity index (χ0v) is 10.6. The van der Waals surface area contributed by atoms with Crippen LogP contribution < -0.4 is 5.32 Å². The molecule has 0 amide bonds. The van der Waals surface area contributed by atoms with Crippen LogP contribution in [-0.4, -0.2) is 13.1 Å². The second-order valence-corrected chi connectivity index (χ2v) is 4.60. The van der Waals surface area contributed by atoms with Crippen LogP contribution in [0.4, 0.5) is 8.78 Å². The van der Waals surface area contributed by atoms with Crippen molar-refractivity contribution in [3.05, 3.63) is 35.4 Å². The highest BCUT2D eigenvalue weighted by atomic mass is 19.2. The number of hydrogen-bond donors (Lipinski definition) is 1. The summed E-state index contributed by atoms with van der Waals surface area (Å²) in [5, 5.41) is 3.34. The average Bonchev–Trinajstić information content (AvgIpc) is 2.30. The molecule has 0 saturated carbocycles. The maximum absolute atomic E-state index is 13.0. The average molecular weight is 241 g/mol. The van der Waals surface area contributed by atoms with E-state index in [4.69, 9.17) is 0 Å². The Bertz CT molecular complexity index is 339. The van der Waals surface area contributed by atoms with E-state index in [0.717, 1.165) is 37.9 Å². The molecule has 1 aromatic carbocycles. The normalized spacial score (nSPS) is 12.7. The molecule has 0 aliphatic rings. The van der Waals surface area contributed by atoms with Crippen LogP contribution in [0.3, 0.4) is 0 Å². The summed E-state index contributed by atoms with van der Waals surface area (Å²) >= 11 is 0. The largest absolute Gasteiger partial charge is 0.317 e. The summed E-state index contributed by atoms with van der Waals surface area (Å²) in [7, 11) is 0. The first-order valence-corrected chi connectivity index (χ1v) is 6.28. The van der Waals surface area contributed by atoms with Gasteiger partial charge in [0, 0.05) is 0 Å². The van der Waals surface area contributed by atoms with Crippen molar-refractivity contribution in [3.63, 3.8) is 0 Å². The Balaban J connectivity index is 2.34. The van der Waals surface area contributed by atoms with E-state index in [1.54, 1.807) is 6.07 Å². The van der Waals surface area contributed by atoms with Gasteiger partial charge in [-0.2, -0.15) is 0 Å². The Hall–Kier alpha value is -0.960. The number of rotatable bonds is 7. The van der Waals surface area contributed by atoms with Crippen molar-refractivity contribution in [1.29, 1.82) is 0 Å².